The number of carbonyl (C=O) groups excluding carboxylic acids is 2. The molecule has 3 aromatic rings. The second kappa shape index (κ2) is 8.11. The molecule has 1 aliphatic heterocycles. The third-order valence-electron chi connectivity index (χ3n) is 4.99. The number of hydrogen-bond acceptors (Lipinski definition) is 4. The molecule has 2 aromatic heterocycles. The number of halogens is 2. The number of amides is 2. The van der Waals surface area contributed by atoms with E-state index < -0.39 is 11.6 Å². The van der Waals surface area contributed by atoms with Crippen LogP contribution in [-0.2, 0) is 13.0 Å². The quantitative estimate of drug-likeness (QED) is 0.652. The van der Waals surface area contributed by atoms with Gasteiger partial charge in [-0.3, -0.25) is 14.6 Å². The summed E-state index contributed by atoms with van der Waals surface area (Å²) in [5, 5.41) is 5.57. The summed E-state index contributed by atoms with van der Waals surface area (Å²) in [6.45, 7) is 5.84. The normalized spacial score (nSPS) is 13.0. The standard InChI is InChI=1S/C24H22F2N4O2/c1-24(2,3)30-22(31)13-7-8-15(27-11-13)9-14-10-18(21-16(25)5-4-6-17(21)26)29-19-12-28-23(32)20(14)19/h4-8,10-11H,9,12H2,1-3H3,(H,28,32)(H,30,31). The Labute approximate surface area is 184 Å². The van der Waals surface area contributed by atoms with Crippen molar-refractivity contribution in [3.63, 3.8) is 0 Å². The van der Waals surface area contributed by atoms with Crippen LogP contribution >= 0.6 is 0 Å². The monoisotopic (exact) mass is 436 g/mol. The van der Waals surface area contributed by atoms with Crippen molar-refractivity contribution in [2.24, 2.45) is 0 Å². The molecule has 2 N–H and O–H groups in total. The van der Waals surface area contributed by atoms with Crippen molar-refractivity contribution in [2.45, 2.75) is 39.3 Å². The van der Waals surface area contributed by atoms with Crippen LogP contribution in [0.5, 0.6) is 0 Å². The minimum Gasteiger partial charge on any atom is -0.347 e. The van der Waals surface area contributed by atoms with Crippen molar-refractivity contribution in [3.05, 3.63) is 82.3 Å². The van der Waals surface area contributed by atoms with Crippen LogP contribution < -0.4 is 10.6 Å². The number of fused-ring (bicyclic) bond motifs is 1. The van der Waals surface area contributed by atoms with Gasteiger partial charge < -0.3 is 10.6 Å². The Kier molecular flexibility index (Phi) is 5.46. The average Bonchev–Trinajstić information content (AvgIpc) is 3.08. The molecule has 0 bridgehead atoms. The number of aromatic nitrogens is 2. The average molecular weight is 436 g/mol. The first-order valence-electron chi connectivity index (χ1n) is 10.2. The van der Waals surface area contributed by atoms with Gasteiger partial charge in [0.15, 0.2) is 0 Å². The predicted octanol–water partition coefficient (Wildman–Crippen LogP) is 3.78. The van der Waals surface area contributed by atoms with Gasteiger partial charge in [-0.2, -0.15) is 0 Å². The highest BCUT2D eigenvalue weighted by molar-refractivity contribution is 5.99. The predicted molar refractivity (Wildman–Crippen MR) is 115 cm³/mol. The molecule has 1 aliphatic rings. The van der Waals surface area contributed by atoms with Crippen LogP contribution in [0.25, 0.3) is 11.3 Å². The van der Waals surface area contributed by atoms with Crippen LogP contribution in [0.15, 0.2) is 42.6 Å². The van der Waals surface area contributed by atoms with Crippen molar-refractivity contribution in [1.29, 1.82) is 0 Å². The van der Waals surface area contributed by atoms with Crippen molar-refractivity contribution in [2.75, 3.05) is 0 Å². The lowest BCUT2D eigenvalue weighted by molar-refractivity contribution is 0.0917. The van der Waals surface area contributed by atoms with Gasteiger partial charge in [-0.1, -0.05) is 6.07 Å². The first kappa shape index (κ1) is 21.5. The van der Waals surface area contributed by atoms with Crippen LogP contribution in [0.3, 0.4) is 0 Å². The van der Waals surface area contributed by atoms with E-state index in [9.17, 15) is 18.4 Å². The zero-order chi connectivity index (χ0) is 23.0. The fraction of sp³-hybridized carbons (Fsp3) is 0.250. The van der Waals surface area contributed by atoms with E-state index >= 15 is 0 Å². The fourth-order valence-corrected chi connectivity index (χ4v) is 3.59. The van der Waals surface area contributed by atoms with Crippen LogP contribution in [0, 0.1) is 11.6 Å². The number of nitrogens with one attached hydrogen (secondary N) is 2. The van der Waals surface area contributed by atoms with Gasteiger partial charge in [0.25, 0.3) is 11.8 Å². The van der Waals surface area contributed by atoms with Gasteiger partial charge in [0.1, 0.15) is 11.6 Å². The lowest BCUT2D eigenvalue weighted by Crippen LogP contribution is -2.40. The van der Waals surface area contributed by atoms with E-state index in [1.165, 1.54) is 30.5 Å². The summed E-state index contributed by atoms with van der Waals surface area (Å²) < 4.78 is 28.7. The number of nitrogens with zero attached hydrogens (tertiary/aromatic N) is 2. The Bertz CT molecular complexity index is 1200. The highest BCUT2D eigenvalue weighted by atomic mass is 19.1. The summed E-state index contributed by atoms with van der Waals surface area (Å²) >= 11 is 0. The zero-order valence-corrected chi connectivity index (χ0v) is 17.9. The van der Waals surface area contributed by atoms with Gasteiger partial charge in [0.05, 0.1) is 34.6 Å². The number of carbonyl (C=O) groups is 2. The molecular weight excluding hydrogens is 414 g/mol. The Balaban J connectivity index is 1.69. The molecule has 0 aliphatic carbocycles. The number of hydrogen-bond donors (Lipinski definition) is 2. The van der Waals surface area contributed by atoms with Crippen LogP contribution in [0.1, 0.15) is 58.4 Å². The fourth-order valence-electron chi connectivity index (χ4n) is 3.59. The van der Waals surface area contributed by atoms with Gasteiger partial charge in [0.2, 0.25) is 0 Å². The minimum atomic E-state index is -0.729. The molecule has 164 valence electrons. The first-order valence-corrected chi connectivity index (χ1v) is 10.2. The van der Waals surface area contributed by atoms with E-state index in [4.69, 9.17) is 0 Å². The molecule has 8 heteroatoms. The molecule has 3 heterocycles. The Hall–Kier alpha value is -3.68. The highest BCUT2D eigenvalue weighted by Crippen LogP contribution is 2.30. The molecule has 0 saturated carbocycles. The van der Waals surface area contributed by atoms with Gasteiger partial charge in [0, 0.05) is 23.9 Å². The maximum Gasteiger partial charge on any atom is 0.253 e. The lowest BCUT2D eigenvalue weighted by atomic mass is 9.98. The summed E-state index contributed by atoms with van der Waals surface area (Å²) in [6.07, 6.45) is 1.71. The SMILES string of the molecule is CC(C)(C)NC(=O)c1ccc(Cc2cc(-c3c(F)cccc3F)nc3c2C(=O)NC3)nc1. The largest absolute Gasteiger partial charge is 0.347 e. The second-order valence-electron chi connectivity index (χ2n) is 8.69. The maximum absolute atomic E-state index is 14.3. The third kappa shape index (κ3) is 4.34. The third-order valence-corrected chi connectivity index (χ3v) is 4.99. The minimum absolute atomic E-state index is 0.118. The van der Waals surface area contributed by atoms with Crippen LogP contribution in [-0.4, -0.2) is 27.3 Å². The number of pyridine rings is 2. The molecular formula is C24H22F2N4O2. The molecule has 0 atom stereocenters. The Morgan fingerprint density at radius 2 is 1.84 bits per heavy atom. The van der Waals surface area contributed by atoms with Crippen LogP contribution in [0.2, 0.25) is 0 Å². The molecule has 0 spiro atoms. The molecule has 0 saturated heterocycles. The van der Waals surface area contributed by atoms with Gasteiger partial charge >= 0.3 is 0 Å². The molecule has 0 fully saturated rings. The van der Waals surface area contributed by atoms with E-state index in [1.54, 1.807) is 12.1 Å². The lowest BCUT2D eigenvalue weighted by Gasteiger charge is -2.20. The molecule has 6 nitrogen and oxygen atoms in total. The molecule has 2 amide bonds. The topological polar surface area (TPSA) is 84.0 Å². The summed E-state index contributed by atoms with van der Waals surface area (Å²) in [6, 6.07) is 8.49. The van der Waals surface area contributed by atoms with Gasteiger partial charge in [-0.25, -0.2) is 13.8 Å². The van der Waals surface area contributed by atoms with Crippen molar-refractivity contribution in [1.82, 2.24) is 20.6 Å². The van der Waals surface area contributed by atoms with E-state index in [1.807, 2.05) is 20.8 Å². The molecule has 1 aromatic carbocycles. The smallest absolute Gasteiger partial charge is 0.253 e. The molecule has 4 rings (SSSR count). The maximum atomic E-state index is 14.3. The van der Waals surface area contributed by atoms with E-state index in [0.717, 1.165) is 0 Å². The van der Waals surface area contributed by atoms with Crippen LogP contribution in [0.4, 0.5) is 8.78 Å². The van der Waals surface area contributed by atoms with E-state index in [-0.39, 0.29) is 41.6 Å². The molecule has 0 unspecified atom stereocenters. The second-order valence-corrected chi connectivity index (χ2v) is 8.69. The molecule has 32 heavy (non-hydrogen) atoms. The number of rotatable bonds is 4. The van der Waals surface area contributed by atoms with Crippen molar-refractivity contribution < 1.29 is 18.4 Å². The summed E-state index contributed by atoms with van der Waals surface area (Å²) in [4.78, 5) is 33.4. The Morgan fingerprint density at radius 1 is 1.12 bits per heavy atom. The first-order chi connectivity index (χ1) is 15.1. The van der Waals surface area contributed by atoms with Gasteiger partial charge in [-0.15, -0.1) is 0 Å². The van der Waals surface area contributed by atoms with E-state index in [2.05, 4.69) is 20.6 Å². The summed E-state index contributed by atoms with van der Waals surface area (Å²) in [5.41, 5.74) is 1.90. The van der Waals surface area contributed by atoms with Crippen molar-refractivity contribution in [3.8, 4) is 11.3 Å². The van der Waals surface area contributed by atoms with Gasteiger partial charge in [-0.05, 0) is 56.7 Å². The Morgan fingerprint density at radius 3 is 2.47 bits per heavy atom. The summed E-state index contributed by atoms with van der Waals surface area (Å²) in [7, 11) is 0. The highest BCUT2D eigenvalue weighted by Gasteiger charge is 2.27. The molecule has 0 radical (unpaired) electrons. The van der Waals surface area contributed by atoms with E-state index in [0.29, 0.717) is 28.1 Å². The number of benzene rings is 1. The van der Waals surface area contributed by atoms with Crippen molar-refractivity contribution >= 4 is 11.8 Å². The zero-order valence-electron chi connectivity index (χ0n) is 17.9. The summed E-state index contributed by atoms with van der Waals surface area (Å²) in [5.74, 6) is -1.98.